The number of carbonyl (C=O) groups is 1. The molecule has 0 unspecified atom stereocenters. The molecule has 2 nitrogen and oxygen atoms in total. The fraction of sp³-hybridized carbons (Fsp3) is 0.500. The van der Waals surface area contributed by atoms with E-state index in [-0.39, 0.29) is 23.0 Å². The molecule has 0 rings (SSSR count). The van der Waals surface area contributed by atoms with Crippen LogP contribution in [0.25, 0.3) is 0 Å². The molecule has 1 radical (unpaired) electrons. The van der Waals surface area contributed by atoms with E-state index in [9.17, 15) is 4.79 Å². The molecule has 0 aromatic carbocycles. The summed E-state index contributed by atoms with van der Waals surface area (Å²) in [7, 11) is 0. The molecular formula is C2H3CuMoO2. The van der Waals surface area contributed by atoms with E-state index in [0.717, 1.165) is 0 Å². The van der Waals surface area contributed by atoms with Crippen molar-refractivity contribution in [1.29, 1.82) is 0 Å². The summed E-state index contributed by atoms with van der Waals surface area (Å²) in [4.78, 5) is 9.59. The van der Waals surface area contributed by atoms with Crippen LogP contribution in [0.1, 0.15) is 6.92 Å². The molecule has 6 heavy (non-hydrogen) atoms. The number of rotatable bonds is 0. The minimum Gasteiger partial charge on any atom is 0 e. The van der Waals surface area contributed by atoms with Crippen molar-refractivity contribution in [2.45, 2.75) is 6.92 Å². The van der Waals surface area contributed by atoms with Crippen LogP contribution in [0.5, 0.6) is 0 Å². The summed E-state index contributed by atoms with van der Waals surface area (Å²) in [6.07, 6.45) is 0. The van der Waals surface area contributed by atoms with Gasteiger partial charge in [-0.2, -0.15) is 0 Å². The normalized spacial score (nSPS) is 5.50. The molecule has 40 valence electrons. The minimum absolute atomic E-state index is 0. The molecule has 0 atom stereocenters. The second-order valence-corrected chi connectivity index (χ2v) is 0.985. The molecule has 0 bridgehead atoms. The van der Waals surface area contributed by atoms with Gasteiger partial charge in [-0.15, -0.1) is 0 Å². The second-order valence-electron chi connectivity index (χ2n) is 0.575. The van der Waals surface area contributed by atoms with Crippen molar-refractivity contribution in [2.24, 2.45) is 0 Å². The summed E-state index contributed by atoms with van der Waals surface area (Å²) in [6.45, 7) is 1.36. The van der Waals surface area contributed by atoms with Crippen LogP contribution >= 0.6 is 0 Å². The van der Waals surface area contributed by atoms with Crippen LogP contribution in [0.3, 0.4) is 0 Å². The standard InChI is InChI=1S/C2H4O2.Cu.Mo/c1-2(3)4;;/h1H3,(H,3,4);;/q;;+1/p-1. The monoisotopic (exact) mass is 220 g/mol. The van der Waals surface area contributed by atoms with E-state index in [1.54, 1.807) is 0 Å². The molecule has 0 saturated heterocycles. The molecule has 0 spiro atoms. The zero-order valence-electron chi connectivity index (χ0n) is 3.03. The van der Waals surface area contributed by atoms with Crippen LogP contribution in [-0.4, -0.2) is 5.97 Å². The Morgan fingerprint density at radius 1 is 1.83 bits per heavy atom. The minimum atomic E-state index is -0.241. The summed E-state index contributed by atoms with van der Waals surface area (Å²) >= 11 is 1.29. The molecule has 0 aromatic heterocycles. The molecule has 0 amide bonds. The van der Waals surface area contributed by atoms with Crippen LogP contribution in [-0.2, 0) is 45.4 Å². The molecule has 0 fully saturated rings. The average Bonchev–Trinajstić information content (AvgIpc) is 1.38. The number of carbonyl (C=O) groups excluding carboxylic acids is 1. The number of hydrogen-bond donors (Lipinski definition) is 0. The summed E-state index contributed by atoms with van der Waals surface area (Å²) in [5.74, 6) is -0.241. The fourth-order valence-corrected chi connectivity index (χ4v) is 0. The van der Waals surface area contributed by atoms with Crippen LogP contribution in [0.4, 0.5) is 0 Å². The van der Waals surface area contributed by atoms with E-state index in [2.05, 4.69) is 3.39 Å². The van der Waals surface area contributed by atoms with E-state index in [1.165, 1.54) is 27.1 Å². The van der Waals surface area contributed by atoms with E-state index in [4.69, 9.17) is 0 Å². The van der Waals surface area contributed by atoms with Gasteiger partial charge in [-0.25, -0.2) is 0 Å². The van der Waals surface area contributed by atoms with Crippen molar-refractivity contribution in [2.75, 3.05) is 0 Å². The van der Waals surface area contributed by atoms with Gasteiger partial charge < -0.3 is 0 Å². The summed E-state index contributed by atoms with van der Waals surface area (Å²) in [5.41, 5.74) is 0. The second kappa shape index (κ2) is 5.68. The first-order valence-electron chi connectivity index (χ1n) is 1.07. The van der Waals surface area contributed by atoms with Crippen molar-refractivity contribution < 1.29 is 45.4 Å². The van der Waals surface area contributed by atoms with Crippen molar-refractivity contribution in [3.8, 4) is 0 Å². The molecule has 0 aromatic rings. The third-order valence-electron chi connectivity index (χ3n) is 0.117. The molecule has 0 heterocycles. The van der Waals surface area contributed by atoms with E-state index >= 15 is 0 Å². The summed E-state index contributed by atoms with van der Waals surface area (Å²) < 4.78 is 4.12. The predicted molar refractivity (Wildman–Crippen MR) is 11.8 cm³/mol. The quantitative estimate of drug-likeness (QED) is 0.536. The maximum atomic E-state index is 9.59. The summed E-state index contributed by atoms with van der Waals surface area (Å²) in [6, 6.07) is 0. The van der Waals surface area contributed by atoms with Crippen molar-refractivity contribution >= 4 is 5.97 Å². The van der Waals surface area contributed by atoms with Gasteiger partial charge in [0.1, 0.15) is 0 Å². The zero-order chi connectivity index (χ0) is 4.28. The van der Waals surface area contributed by atoms with Crippen molar-refractivity contribution in [3.05, 3.63) is 0 Å². The molecule has 0 aliphatic carbocycles. The first-order chi connectivity index (χ1) is 2.27. The zero-order valence-corrected chi connectivity index (χ0v) is 5.97. The maximum absolute atomic E-state index is 9.59. The Morgan fingerprint density at radius 2 is 2.00 bits per heavy atom. The Bertz CT molecular complexity index is 46.8. The van der Waals surface area contributed by atoms with Gasteiger partial charge in [0, 0.05) is 17.1 Å². The van der Waals surface area contributed by atoms with E-state index in [0.29, 0.717) is 0 Å². The average molecular weight is 219 g/mol. The molecular weight excluding hydrogens is 216 g/mol. The summed E-state index contributed by atoms with van der Waals surface area (Å²) in [5, 5.41) is 0. The van der Waals surface area contributed by atoms with Crippen LogP contribution in [0.15, 0.2) is 0 Å². The predicted octanol–water partition coefficient (Wildman–Crippen LogP) is 0.00880. The Balaban J connectivity index is 0. The van der Waals surface area contributed by atoms with Crippen molar-refractivity contribution in [1.82, 2.24) is 0 Å². The van der Waals surface area contributed by atoms with Crippen LogP contribution in [0, 0.1) is 0 Å². The third kappa shape index (κ3) is 8.82. The van der Waals surface area contributed by atoms with Gasteiger partial charge in [-0.1, -0.05) is 0 Å². The first kappa shape index (κ1) is 9.84. The van der Waals surface area contributed by atoms with Gasteiger partial charge in [0.05, 0.1) is 0 Å². The van der Waals surface area contributed by atoms with Crippen LogP contribution in [0.2, 0.25) is 0 Å². The Labute approximate surface area is 58.5 Å². The Kier molecular flexibility index (Phi) is 9.31. The SMILES string of the molecule is CC(=O)[O][Mo].[Cu]. The molecule has 0 N–H and O–H groups in total. The Morgan fingerprint density at radius 3 is 2.00 bits per heavy atom. The molecule has 0 saturated carbocycles. The largest absolute Gasteiger partial charge is 0 e. The first-order valence-corrected chi connectivity index (χ1v) is 1.89. The topological polar surface area (TPSA) is 26.3 Å². The third-order valence-corrected chi connectivity index (χ3v) is 0.694. The van der Waals surface area contributed by atoms with E-state index < -0.39 is 0 Å². The van der Waals surface area contributed by atoms with E-state index in [1.807, 2.05) is 0 Å². The van der Waals surface area contributed by atoms with Gasteiger partial charge in [0.2, 0.25) is 0 Å². The van der Waals surface area contributed by atoms with Crippen molar-refractivity contribution in [3.63, 3.8) is 0 Å². The fourth-order valence-electron chi connectivity index (χ4n) is 0. The Hall–Kier alpha value is 0.678. The van der Waals surface area contributed by atoms with Gasteiger partial charge >= 0.3 is 41.3 Å². The van der Waals surface area contributed by atoms with Gasteiger partial charge in [0.15, 0.2) is 0 Å². The molecule has 0 aliphatic heterocycles. The smallest absolute Gasteiger partial charge is 0 e. The molecule has 4 heteroatoms. The van der Waals surface area contributed by atoms with Gasteiger partial charge in [-0.05, 0) is 0 Å². The molecule has 0 aliphatic rings. The van der Waals surface area contributed by atoms with Gasteiger partial charge in [-0.3, -0.25) is 0 Å². The maximum Gasteiger partial charge on any atom is 0 e. The van der Waals surface area contributed by atoms with Gasteiger partial charge in [0.25, 0.3) is 0 Å². The number of hydrogen-bond acceptors (Lipinski definition) is 2. The van der Waals surface area contributed by atoms with Crippen LogP contribution < -0.4 is 0 Å².